The molecule has 0 spiro atoms. The van der Waals surface area contributed by atoms with E-state index < -0.39 is 5.91 Å². The minimum absolute atomic E-state index is 0.413. The number of hydrogen-bond donors (Lipinski definition) is 1. The zero-order chi connectivity index (χ0) is 12.0. The fourth-order valence-electron chi connectivity index (χ4n) is 1.46. The predicted octanol–water partition coefficient (Wildman–Crippen LogP) is 2.64. The summed E-state index contributed by atoms with van der Waals surface area (Å²) in [5.74, 6) is 5.71. The van der Waals surface area contributed by atoms with Crippen molar-refractivity contribution in [1.29, 1.82) is 0 Å². The first kappa shape index (κ1) is 12.3. The molecule has 1 rings (SSSR count). The second kappa shape index (κ2) is 5.97. The summed E-state index contributed by atoms with van der Waals surface area (Å²) in [7, 11) is 0. The van der Waals surface area contributed by atoms with Crippen LogP contribution in [0.15, 0.2) is 18.2 Å². The van der Waals surface area contributed by atoms with Crippen molar-refractivity contribution in [2.24, 2.45) is 5.73 Å². The fraction of sp³-hybridized carbons (Fsp3) is 0.357. The van der Waals surface area contributed by atoms with Crippen LogP contribution < -0.4 is 5.73 Å². The highest BCUT2D eigenvalue weighted by Gasteiger charge is 2.07. The van der Waals surface area contributed by atoms with Gasteiger partial charge in [-0.15, -0.1) is 0 Å². The van der Waals surface area contributed by atoms with Crippen molar-refractivity contribution in [2.75, 3.05) is 0 Å². The van der Waals surface area contributed by atoms with Crippen LogP contribution in [-0.2, 0) is 0 Å². The number of aryl methyl sites for hydroxylation is 1. The number of rotatable bonds is 3. The number of benzene rings is 1. The van der Waals surface area contributed by atoms with Crippen molar-refractivity contribution < 1.29 is 4.79 Å². The lowest BCUT2D eigenvalue weighted by molar-refractivity contribution is 0.1000. The summed E-state index contributed by atoms with van der Waals surface area (Å²) >= 11 is 0. The van der Waals surface area contributed by atoms with Crippen molar-refractivity contribution in [3.63, 3.8) is 0 Å². The summed E-state index contributed by atoms with van der Waals surface area (Å²) in [5.41, 5.74) is 7.59. The van der Waals surface area contributed by atoms with Gasteiger partial charge in [0.05, 0.1) is 5.56 Å². The Morgan fingerprint density at radius 3 is 2.81 bits per heavy atom. The third-order valence-electron chi connectivity index (χ3n) is 2.41. The molecule has 0 unspecified atom stereocenters. The van der Waals surface area contributed by atoms with Crippen LogP contribution in [0.5, 0.6) is 0 Å². The molecule has 0 aliphatic carbocycles. The maximum atomic E-state index is 11.2. The van der Waals surface area contributed by atoms with Gasteiger partial charge in [-0.1, -0.05) is 37.3 Å². The number of amides is 1. The van der Waals surface area contributed by atoms with E-state index in [0.29, 0.717) is 5.56 Å². The van der Waals surface area contributed by atoms with E-state index in [2.05, 4.69) is 18.8 Å². The lowest BCUT2D eigenvalue weighted by Gasteiger charge is -2.03. The Hall–Kier alpha value is -1.75. The standard InChI is InChI=1S/C14H17NO/c1-3-4-5-6-9-12-11(2)8-7-10-13(12)14(15)16/h7-8,10H,3-5H2,1-2H3,(H2,15,16). The van der Waals surface area contributed by atoms with Gasteiger partial charge < -0.3 is 5.73 Å². The van der Waals surface area contributed by atoms with Crippen LogP contribution in [0, 0.1) is 18.8 Å². The summed E-state index contributed by atoms with van der Waals surface area (Å²) in [5, 5.41) is 0. The highest BCUT2D eigenvalue weighted by molar-refractivity contribution is 5.95. The quantitative estimate of drug-likeness (QED) is 0.611. The van der Waals surface area contributed by atoms with Gasteiger partial charge in [0.25, 0.3) is 0 Å². The molecule has 0 saturated heterocycles. The van der Waals surface area contributed by atoms with E-state index in [4.69, 9.17) is 5.73 Å². The smallest absolute Gasteiger partial charge is 0.249 e. The first-order valence-electron chi connectivity index (χ1n) is 5.55. The van der Waals surface area contributed by atoms with E-state index in [0.717, 1.165) is 30.4 Å². The molecule has 2 heteroatoms. The molecule has 1 aromatic rings. The van der Waals surface area contributed by atoms with E-state index in [1.54, 1.807) is 6.07 Å². The molecule has 0 radical (unpaired) electrons. The van der Waals surface area contributed by atoms with Crippen LogP contribution in [0.3, 0.4) is 0 Å². The number of carbonyl (C=O) groups excluding carboxylic acids is 1. The summed E-state index contributed by atoms with van der Waals surface area (Å²) in [6.07, 6.45) is 3.08. The maximum absolute atomic E-state index is 11.2. The number of primary amides is 1. The van der Waals surface area contributed by atoms with E-state index in [1.165, 1.54) is 0 Å². The van der Waals surface area contributed by atoms with E-state index >= 15 is 0 Å². The van der Waals surface area contributed by atoms with Crippen LogP contribution in [0.2, 0.25) is 0 Å². The van der Waals surface area contributed by atoms with Crippen LogP contribution in [0.1, 0.15) is 47.7 Å². The second-order valence-corrected chi connectivity index (χ2v) is 3.77. The van der Waals surface area contributed by atoms with Crippen molar-refractivity contribution in [2.45, 2.75) is 33.1 Å². The maximum Gasteiger partial charge on any atom is 0.249 e. The van der Waals surface area contributed by atoms with Crippen molar-refractivity contribution >= 4 is 5.91 Å². The third kappa shape index (κ3) is 3.13. The van der Waals surface area contributed by atoms with Gasteiger partial charge in [0.2, 0.25) is 5.91 Å². The zero-order valence-corrected chi connectivity index (χ0v) is 9.84. The molecule has 16 heavy (non-hydrogen) atoms. The van der Waals surface area contributed by atoms with Crippen LogP contribution in [0.25, 0.3) is 0 Å². The monoisotopic (exact) mass is 215 g/mol. The first-order chi connectivity index (χ1) is 7.66. The number of hydrogen-bond acceptors (Lipinski definition) is 1. The normalized spacial score (nSPS) is 9.38. The van der Waals surface area contributed by atoms with Crippen LogP contribution in [0.4, 0.5) is 0 Å². The Morgan fingerprint density at radius 2 is 2.19 bits per heavy atom. The van der Waals surface area contributed by atoms with E-state index in [9.17, 15) is 4.79 Å². The zero-order valence-electron chi connectivity index (χ0n) is 9.84. The Kier molecular flexibility index (Phi) is 4.60. The molecule has 0 aromatic heterocycles. The van der Waals surface area contributed by atoms with Gasteiger partial charge in [-0.25, -0.2) is 0 Å². The number of nitrogens with two attached hydrogens (primary N) is 1. The van der Waals surface area contributed by atoms with Crippen molar-refractivity contribution in [3.05, 3.63) is 34.9 Å². The molecule has 0 fully saturated rings. The van der Waals surface area contributed by atoms with Gasteiger partial charge in [-0.3, -0.25) is 4.79 Å². The minimum atomic E-state index is -0.413. The van der Waals surface area contributed by atoms with E-state index in [1.807, 2.05) is 19.1 Å². The summed E-state index contributed by atoms with van der Waals surface area (Å²) < 4.78 is 0. The largest absolute Gasteiger partial charge is 0.366 e. The van der Waals surface area contributed by atoms with Crippen molar-refractivity contribution in [3.8, 4) is 11.8 Å². The Morgan fingerprint density at radius 1 is 1.44 bits per heavy atom. The fourth-order valence-corrected chi connectivity index (χ4v) is 1.46. The molecular formula is C14H17NO. The molecule has 0 heterocycles. The molecule has 1 aromatic carbocycles. The highest BCUT2D eigenvalue weighted by Crippen LogP contribution is 2.12. The summed E-state index contributed by atoms with van der Waals surface area (Å²) in [6.45, 7) is 4.07. The molecule has 0 aliphatic rings. The lowest BCUT2D eigenvalue weighted by Crippen LogP contribution is -2.13. The predicted molar refractivity (Wildman–Crippen MR) is 66.1 cm³/mol. The number of carbonyl (C=O) groups is 1. The van der Waals surface area contributed by atoms with Crippen LogP contribution >= 0.6 is 0 Å². The molecule has 0 saturated carbocycles. The average molecular weight is 215 g/mol. The molecule has 2 N–H and O–H groups in total. The Balaban J connectivity index is 3.00. The molecule has 2 nitrogen and oxygen atoms in total. The number of unbranched alkanes of at least 4 members (excludes halogenated alkanes) is 2. The van der Waals surface area contributed by atoms with Crippen molar-refractivity contribution in [1.82, 2.24) is 0 Å². The van der Waals surface area contributed by atoms with Gasteiger partial charge in [0.15, 0.2) is 0 Å². The SMILES string of the molecule is CCCCC#Cc1c(C)cccc1C(N)=O. The third-order valence-corrected chi connectivity index (χ3v) is 2.41. The van der Waals surface area contributed by atoms with Gasteiger partial charge in [-0.2, -0.15) is 0 Å². The Bertz CT molecular complexity index is 438. The molecule has 0 aliphatic heterocycles. The van der Waals surface area contributed by atoms with Gasteiger partial charge in [0, 0.05) is 12.0 Å². The summed E-state index contributed by atoms with van der Waals surface area (Å²) in [4.78, 5) is 11.2. The summed E-state index contributed by atoms with van der Waals surface area (Å²) in [6, 6.07) is 5.49. The highest BCUT2D eigenvalue weighted by atomic mass is 16.1. The molecule has 1 amide bonds. The van der Waals surface area contributed by atoms with Gasteiger partial charge in [-0.05, 0) is 25.0 Å². The topological polar surface area (TPSA) is 43.1 Å². The average Bonchev–Trinajstić information content (AvgIpc) is 2.25. The minimum Gasteiger partial charge on any atom is -0.366 e. The van der Waals surface area contributed by atoms with E-state index in [-0.39, 0.29) is 0 Å². The lowest BCUT2D eigenvalue weighted by atomic mass is 10.0. The van der Waals surface area contributed by atoms with Crippen LogP contribution in [-0.4, -0.2) is 5.91 Å². The first-order valence-corrected chi connectivity index (χ1v) is 5.55. The molecular weight excluding hydrogens is 198 g/mol. The molecule has 0 atom stereocenters. The Labute approximate surface area is 96.9 Å². The molecule has 0 bridgehead atoms. The van der Waals surface area contributed by atoms with Gasteiger partial charge >= 0.3 is 0 Å². The van der Waals surface area contributed by atoms with Gasteiger partial charge in [0.1, 0.15) is 0 Å². The second-order valence-electron chi connectivity index (χ2n) is 3.77. The molecule has 84 valence electrons.